The smallest absolute Gasteiger partial charge is 0.255 e. The number of hydrogen-bond acceptors (Lipinski definition) is 4. The van der Waals surface area contributed by atoms with Gasteiger partial charge in [0.05, 0.1) is 18.1 Å². The van der Waals surface area contributed by atoms with Crippen LogP contribution >= 0.6 is 0 Å². The summed E-state index contributed by atoms with van der Waals surface area (Å²) in [4.78, 5) is 40.0. The fraction of sp³-hybridized carbons (Fsp3) is 0.591. The molecule has 2 heterocycles. The summed E-state index contributed by atoms with van der Waals surface area (Å²) in [5.41, 5.74) is 0.136. The number of carbonyl (C=O) groups excluding carboxylic acids is 3. The largest absolute Gasteiger partial charge is 0.493 e. The second kappa shape index (κ2) is 9.91. The first-order chi connectivity index (χ1) is 14.3. The lowest BCUT2D eigenvalue weighted by Crippen LogP contribution is -2.46. The zero-order chi connectivity index (χ0) is 21.7. The number of fused-ring (bicyclic) bond motifs is 4. The van der Waals surface area contributed by atoms with E-state index in [1.165, 1.54) is 18.2 Å². The highest BCUT2D eigenvalue weighted by Gasteiger charge is 2.32. The Morgan fingerprint density at radius 3 is 2.83 bits per heavy atom. The monoisotopic (exact) mass is 419 g/mol. The van der Waals surface area contributed by atoms with Gasteiger partial charge in [0.15, 0.2) is 0 Å². The number of halogens is 1. The van der Waals surface area contributed by atoms with Gasteiger partial charge in [0.1, 0.15) is 11.6 Å². The van der Waals surface area contributed by atoms with Crippen molar-refractivity contribution < 1.29 is 23.5 Å². The average molecular weight is 419 g/mol. The molecule has 8 heteroatoms. The Hall–Kier alpha value is -2.64. The van der Waals surface area contributed by atoms with Gasteiger partial charge in [-0.25, -0.2) is 4.39 Å². The first-order valence-electron chi connectivity index (χ1n) is 10.6. The van der Waals surface area contributed by atoms with E-state index >= 15 is 0 Å². The van der Waals surface area contributed by atoms with Crippen LogP contribution in [0.1, 0.15) is 49.9 Å². The molecule has 1 saturated heterocycles. The molecule has 7 nitrogen and oxygen atoms in total. The Morgan fingerprint density at radius 2 is 2.07 bits per heavy atom. The fourth-order valence-electron chi connectivity index (χ4n) is 3.88. The third kappa shape index (κ3) is 5.70. The highest BCUT2D eigenvalue weighted by molar-refractivity contribution is 5.97. The number of ether oxygens (including phenoxy) is 1. The van der Waals surface area contributed by atoms with E-state index in [-0.39, 0.29) is 35.3 Å². The Labute approximate surface area is 176 Å². The van der Waals surface area contributed by atoms with Crippen LogP contribution in [-0.4, -0.2) is 54.9 Å². The average Bonchev–Trinajstić information content (AvgIpc) is 2.90. The summed E-state index contributed by atoms with van der Waals surface area (Å²) in [6.45, 7) is 5.33. The Balaban J connectivity index is 1.87. The quantitative estimate of drug-likeness (QED) is 0.769. The predicted molar refractivity (Wildman–Crippen MR) is 110 cm³/mol. The Bertz CT molecular complexity index is 799. The first-order valence-corrected chi connectivity index (χ1v) is 10.6. The molecule has 30 heavy (non-hydrogen) atoms. The van der Waals surface area contributed by atoms with Crippen LogP contribution in [0.25, 0.3) is 0 Å². The van der Waals surface area contributed by atoms with Crippen LogP contribution in [0.5, 0.6) is 5.75 Å². The zero-order valence-corrected chi connectivity index (χ0v) is 17.6. The van der Waals surface area contributed by atoms with E-state index in [9.17, 15) is 18.8 Å². The molecule has 0 unspecified atom stereocenters. The SMILES string of the molecule is CC(C)CC(=O)N1C[C@H]2CC[C@@H](C1)C(=O)NCCCOc1ccc(F)cc1C(=O)N2. The summed E-state index contributed by atoms with van der Waals surface area (Å²) in [6, 6.07) is 3.53. The second-order valence-electron chi connectivity index (χ2n) is 8.47. The van der Waals surface area contributed by atoms with Crippen molar-refractivity contribution >= 4 is 17.7 Å². The van der Waals surface area contributed by atoms with Crippen molar-refractivity contribution in [3.05, 3.63) is 29.6 Å². The standard InChI is InChI=1S/C22H30FN3O4/c1-14(2)10-20(27)26-12-15-4-6-17(13-26)25-22(29)18-11-16(23)5-7-19(18)30-9-3-8-24-21(15)28/h5,7,11,14-15,17H,3-4,6,8-10,12-13H2,1-2H3,(H,24,28)(H,25,29)/t15-,17+/m0/s1. The molecule has 0 saturated carbocycles. The lowest BCUT2D eigenvalue weighted by atomic mass is 10.0. The van der Waals surface area contributed by atoms with E-state index in [0.717, 1.165) is 0 Å². The highest BCUT2D eigenvalue weighted by atomic mass is 19.1. The van der Waals surface area contributed by atoms with Gasteiger partial charge in [-0.3, -0.25) is 14.4 Å². The number of benzene rings is 1. The maximum Gasteiger partial charge on any atom is 0.255 e. The van der Waals surface area contributed by atoms with Crippen LogP contribution in [0.4, 0.5) is 4.39 Å². The minimum absolute atomic E-state index is 0.0250. The van der Waals surface area contributed by atoms with Gasteiger partial charge in [0.2, 0.25) is 11.8 Å². The molecule has 2 bridgehead atoms. The Morgan fingerprint density at radius 1 is 1.27 bits per heavy atom. The fourth-order valence-corrected chi connectivity index (χ4v) is 3.88. The molecule has 164 valence electrons. The van der Waals surface area contributed by atoms with Crippen molar-refractivity contribution in [1.82, 2.24) is 15.5 Å². The van der Waals surface area contributed by atoms with Gasteiger partial charge >= 0.3 is 0 Å². The number of likely N-dealkylation sites (tertiary alicyclic amines) is 1. The third-order valence-electron chi connectivity index (χ3n) is 5.45. The molecule has 0 spiro atoms. The molecule has 0 aliphatic carbocycles. The van der Waals surface area contributed by atoms with Crippen molar-refractivity contribution in [2.75, 3.05) is 26.2 Å². The van der Waals surface area contributed by atoms with Gasteiger partial charge in [-0.2, -0.15) is 0 Å². The molecule has 2 aliphatic heterocycles. The van der Waals surface area contributed by atoms with E-state index in [1.807, 2.05) is 13.8 Å². The van der Waals surface area contributed by atoms with Crippen molar-refractivity contribution in [2.45, 2.75) is 45.6 Å². The minimum Gasteiger partial charge on any atom is -0.493 e. The number of carbonyl (C=O) groups is 3. The van der Waals surface area contributed by atoms with Crippen LogP contribution in [0.3, 0.4) is 0 Å². The summed E-state index contributed by atoms with van der Waals surface area (Å²) in [5.74, 6) is -0.886. The van der Waals surface area contributed by atoms with Crippen LogP contribution in [0, 0.1) is 17.7 Å². The molecule has 1 aromatic carbocycles. The number of amides is 3. The van der Waals surface area contributed by atoms with Crippen LogP contribution in [-0.2, 0) is 9.59 Å². The van der Waals surface area contributed by atoms with Crippen LogP contribution < -0.4 is 15.4 Å². The normalized spacial score (nSPS) is 23.0. The zero-order valence-electron chi connectivity index (χ0n) is 17.6. The van der Waals surface area contributed by atoms with Gasteiger partial charge in [-0.1, -0.05) is 13.8 Å². The summed E-state index contributed by atoms with van der Waals surface area (Å²) in [7, 11) is 0. The van der Waals surface area contributed by atoms with E-state index in [1.54, 1.807) is 4.90 Å². The maximum absolute atomic E-state index is 13.8. The first kappa shape index (κ1) is 22.1. The molecule has 1 fully saturated rings. The predicted octanol–water partition coefficient (Wildman–Crippen LogP) is 2.11. The number of hydrogen-bond donors (Lipinski definition) is 2. The molecule has 3 rings (SSSR count). The van der Waals surface area contributed by atoms with E-state index in [4.69, 9.17) is 4.74 Å². The van der Waals surface area contributed by atoms with E-state index in [0.29, 0.717) is 57.7 Å². The molecule has 2 N–H and O–H groups in total. The van der Waals surface area contributed by atoms with Gasteiger partial charge in [0.25, 0.3) is 5.91 Å². The van der Waals surface area contributed by atoms with Crippen LogP contribution in [0.15, 0.2) is 18.2 Å². The topological polar surface area (TPSA) is 87.7 Å². The molecule has 3 amide bonds. The molecular weight excluding hydrogens is 389 g/mol. The van der Waals surface area contributed by atoms with Gasteiger partial charge in [-0.05, 0) is 43.4 Å². The van der Waals surface area contributed by atoms with Crippen molar-refractivity contribution in [1.29, 1.82) is 0 Å². The minimum atomic E-state index is -0.518. The lowest BCUT2D eigenvalue weighted by Gasteiger charge is -2.27. The van der Waals surface area contributed by atoms with Crippen molar-refractivity contribution in [3.8, 4) is 5.75 Å². The number of nitrogens with zero attached hydrogens (tertiary/aromatic N) is 1. The summed E-state index contributed by atoms with van der Waals surface area (Å²) in [6.07, 6.45) is 2.06. The van der Waals surface area contributed by atoms with Crippen molar-refractivity contribution in [3.63, 3.8) is 0 Å². The third-order valence-corrected chi connectivity index (χ3v) is 5.45. The summed E-state index contributed by atoms with van der Waals surface area (Å²) < 4.78 is 19.5. The van der Waals surface area contributed by atoms with E-state index in [2.05, 4.69) is 10.6 Å². The van der Waals surface area contributed by atoms with Crippen LogP contribution in [0.2, 0.25) is 0 Å². The number of rotatable bonds is 2. The lowest BCUT2D eigenvalue weighted by molar-refractivity contribution is -0.134. The number of nitrogens with one attached hydrogen (secondary N) is 2. The summed E-state index contributed by atoms with van der Waals surface area (Å²) >= 11 is 0. The molecule has 0 radical (unpaired) electrons. The molecule has 2 aliphatic rings. The highest BCUT2D eigenvalue weighted by Crippen LogP contribution is 2.23. The second-order valence-corrected chi connectivity index (χ2v) is 8.47. The molecular formula is C22H30FN3O4. The van der Waals surface area contributed by atoms with Gasteiger partial charge in [0, 0.05) is 32.1 Å². The Kier molecular flexibility index (Phi) is 7.29. The van der Waals surface area contributed by atoms with Crippen molar-refractivity contribution in [2.24, 2.45) is 11.8 Å². The maximum atomic E-state index is 13.8. The summed E-state index contributed by atoms with van der Waals surface area (Å²) in [5, 5.41) is 5.85. The molecule has 2 atom stereocenters. The molecule has 0 aromatic heterocycles. The van der Waals surface area contributed by atoms with Gasteiger partial charge in [-0.15, -0.1) is 0 Å². The van der Waals surface area contributed by atoms with Gasteiger partial charge < -0.3 is 20.3 Å². The molecule has 1 aromatic rings. The van der Waals surface area contributed by atoms with E-state index < -0.39 is 11.7 Å².